The number of amides is 2. The van der Waals surface area contributed by atoms with Crippen LogP contribution in [-0.4, -0.2) is 35.4 Å². The third-order valence-electron chi connectivity index (χ3n) is 5.77. The van der Waals surface area contributed by atoms with E-state index in [1.54, 1.807) is 24.3 Å². The lowest BCUT2D eigenvalue weighted by Gasteiger charge is -2.17. The zero-order chi connectivity index (χ0) is 22.8. The van der Waals surface area contributed by atoms with E-state index in [2.05, 4.69) is 15.3 Å². The average Bonchev–Trinajstić information content (AvgIpc) is 3.26. The van der Waals surface area contributed by atoms with Gasteiger partial charge in [0.05, 0.1) is 41.6 Å². The monoisotopic (exact) mass is 438 g/mol. The van der Waals surface area contributed by atoms with Crippen LogP contribution in [0.4, 0.5) is 11.4 Å². The molecule has 0 bridgehead atoms. The minimum atomic E-state index is -0.452. The molecule has 0 spiro atoms. The molecule has 2 amide bonds. The van der Waals surface area contributed by atoms with Crippen LogP contribution in [0.5, 0.6) is 5.75 Å². The van der Waals surface area contributed by atoms with Crippen LogP contribution in [0, 0.1) is 5.92 Å². The maximum Gasteiger partial charge on any atom is 0.229 e. The minimum Gasteiger partial charge on any atom is -0.495 e. The van der Waals surface area contributed by atoms with E-state index >= 15 is 0 Å². The second-order valence-electron chi connectivity index (χ2n) is 7.89. The lowest BCUT2D eigenvalue weighted by molar-refractivity contribution is -0.122. The summed E-state index contributed by atoms with van der Waals surface area (Å²) >= 11 is 0. The van der Waals surface area contributed by atoms with Crippen molar-refractivity contribution in [2.45, 2.75) is 6.42 Å². The molecule has 164 valence electrons. The van der Waals surface area contributed by atoms with Crippen molar-refractivity contribution < 1.29 is 14.3 Å². The van der Waals surface area contributed by atoms with Gasteiger partial charge in [-0.05, 0) is 42.5 Å². The zero-order valence-corrected chi connectivity index (χ0v) is 18.1. The fourth-order valence-electron chi connectivity index (χ4n) is 4.04. The van der Waals surface area contributed by atoms with E-state index in [-0.39, 0.29) is 18.2 Å². The number of fused-ring (bicyclic) bond motifs is 1. The van der Waals surface area contributed by atoms with Gasteiger partial charge in [0.15, 0.2) is 0 Å². The van der Waals surface area contributed by atoms with E-state index in [0.29, 0.717) is 23.7 Å². The third kappa shape index (κ3) is 4.13. The molecule has 4 aromatic rings. The van der Waals surface area contributed by atoms with Crippen molar-refractivity contribution in [3.63, 3.8) is 0 Å². The maximum atomic E-state index is 13.1. The Kier molecular flexibility index (Phi) is 5.44. The van der Waals surface area contributed by atoms with E-state index in [1.807, 2.05) is 66.7 Å². The summed E-state index contributed by atoms with van der Waals surface area (Å²) in [5.74, 6) is -0.202. The molecule has 1 aliphatic heterocycles. The summed E-state index contributed by atoms with van der Waals surface area (Å²) in [6.45, 7) is 0.340. The molecule has 0 aliphatic carbocycles. The highest BCUT2D eigenvalue weighted by Crippen LogP contribution is 2.32. The Labute approximate surface area is 191 Å². The van der Waals surface area contributed by atoms with Gasteiger partial charge in [0.1, 0.15) is 5.75 Å². The minimum absolute atomic E-state index is 0.0616. The number of carbonyl (C=O) groups is 2. The van der Waals surface area contributed by atoms with Gasteiger partial charge in [-0.1, -0.05) is 30.3 Å². The summed E-state index contributed by atoms with van der Waals surface area (Å²) in [6, 6.07) is 22.5. The Balaban J connectivity index is 1.38. The van der Waals surface area contributed by atoms with Crippen LogP contribution in [0.15, 0.2) is 79.0 Å². The number of nitrogens with one attached hydrogen (secondary N) is 1. The molecule has 7 heteroatoms. The number of para-hydroxylation sites is 3. The summed E-state index contributed by atoms with van der Waals surface area (Å²) in [6.07, 6.45) is 1.88. The van der Waals surface area contributed by atoms with Gasteiger partial charge in [-0.2, -0.15) is 0 Å². The smallest absolute Gasteiger partial charge is 0.229 e. The molecular formula is C26H22N4O3. The number of methoxy groups -OCH3 is 1. The van der Waals surface area contributed by atoms with E-state index in [4.69, 9.17) is 4.74 Å². The van der Waals surface area contributed by atoms with Crippen molar-refractivity contribution >= 4 is 34.2 Å². The van der Waals surface area contributed by atoms with Gasteiger partial charge in [-0.3, -0.25) is 14.6 Å². The Bertz CT molecular complexity index is 1340. The Morgan fingerprint density at radius 2 is 1.79 bits per heavy atom. The maximum absolute atomic E-state index is 13.1. The molecule has 0 saturated carbocycles. The van der Waals surface area contributed by atoms with E-state index in [9.17, 15) is 9.59 Å². The molecule has 1 saturated heterocycles. The van der Waals surface area contributed by atoms with Crippen LogP contribution < -0.4 is 15.0 Å². The third-order valence-corrected chi connectivity index (χ3v) is 5.77. The van der Waals surface area contributed by atoms with Crippen LogP contribution in [0.1, 0.15) is 6.42 Å². The first-order valence-electron chi connectivity index (χ1n) is 10.7. The first-order valence-corrected chi connectivity index (χ1v) is 10.7. The van der Waals surface area contributed by atoms with E-state index < -0.39 is 5.92 Å². The molecule has 1 atom stereocenters. The molecule has 1 N–H and O–H groups in total. The highest BCUT2D eigenvalue weighted by atomic mass is 16.5. The average molecular weight is 438 g/mol. The Hall–Kier alpha value is -4.26. The van der Waals surface area contributed by atoms with Gasteiger partial charge in [-0.25, -0.2) is 4.98 Å². The molecule has 5 rings (SSSR count). The first kappa shape index (κ1) is 20.6. The molecular weight excluding hydrogens is 416 g/mol. The lowest BCUT2D eigenvalue weighted by Crippen LogP contribution is -2.28. The predicted octanol–water partition coefficient (Wildman–Crippen LogP) is 4.30. The number of hydrogen-bond acceptors (Lipinski definition) is 5. The molecule has 1 fully saturated rings. The number of ether oxygens (including phenoxy) is 1. The molecule has 1 aromatic heterocycles. The summed E-state index contributed by atoms with van der Waals surface area (Å²) in [7, 11) is 1.55. The number of rotatable bonds is 5. The summed E-state index contributed by atoms with van der Waals surface area (Å²) in [4.78, 5) is 36.4. The molecule has 2 heterocycles. The standard InChI is InChI=1S/C26H22N4O3/c1-33-24-12-11-17(23-15-27-20-9-5-6-10-21(20)28-23)13-22(24)29-26(32)18-14-25(31)30(16-18)19-7-3-2-4-8-19/h2-13,15,18H,14,16H2,1H3,(H,29,32). The van der Waals surface area contributed by atoms with Gasteiger partial charge >= 0.3 is 0 Å². The number of aromatic nitrogens is 2. The first-order chi connectivity index (χ1) is 16.1. The van der Waals surface area contributed by atoms with Crippen LogP contribution >= 0.6 is 0 Å². The predicted molar refractivity (Wildman–Crippen MR) is 127 cm³/mol. The Morgan fingerprint density at radius 3 is 2.58 bits per heavy atom. The van der Waals surface area contributed by atoms with Crippen molar-refractivity contribution in [1.82, 2.24) is 9.97 Å². The quantitative estimate of drug-likeness (QED) is 0.502. The van der Waals surface area contributed by atoms with E-state index in [1.165, 1.54) is 0 Å². The van der Waals surface area contributed by atoms with Crippen LogP contribution in [0.3, 0.4) is 0 Å². The largest absolute Gasteiger partial charge is 0.495 e. The second kappa shape index (κ2) is 8.70. The van der Waals surface area contributed by atoms with E-state index in [0.717, 1.165) is 22.3 Å². The van der Waals surface area contributed by atoms with Crippen molar-refractivity contribution in [3.05, 3.63) is 79.0 Å². The topological polar surface area (TPSA) is 84.4 Å². The normalized spacial score (nSPS) is 15.6. The molecule has 3 aromatic carbocycles. The van der Waals surface area contributed by atoms with Crippen molar-refractivity contribution in [1.29, 1.82) is 0 Å². The molecule has 33 heavy (non-hydrogen) atoms. The van der Waals surface area contributed by atoms with Crippen molar-refractivity contribution in [3.8, 4) is 17.0 Å². The lowest BCUT2D eigenvalue weighted by atomic mass is 10.1. The van der Waals surface area contributed by atoms with Crippen LogP contribution in [-0.2, 0) is 9.59 Å². The van der Waals surface area contributed by atoms with Crippen molar-refractivity contribution in [2.75, 3.05) is 23.9 Å². The van der Waals surface area contributed by atoms with Crippen LogP contribution in [0.2, 0.25) is 0 Å². The number of nitrogens with zero attached hydrogens (tertiary/aromatic N) is 3. The highest BCUT2D eigenvalue weighted by molar-refractivity contribution is 6.04. The van der Waals surface area contributed by atoms with Crippen LogP contribution in [0.25, 0.3) is 22.3 Å². The number of hydrogen-bond donors (Lipinski definition) is 1. The summed E-state index contributed by atoms with van der Waals surface area (Å²) < 4.78 is 5.45. The molecule has 1 unspecified atom stereocenters. The summed E-state index contributed by atoms with van der Waals surface area (Å²) in [5.41, 5.74) is 4.43. The van der Waals surface area contributed by atoms with Gasteiger partial charge in [-0.15, -0.1) is 0 Å². The number of carbonyl (C=O) groups excluding carboxylic acids is 2. The molecule has 1 aliphatic rings. The Morgan fingerprint density at radius 1 is 1.03 bits per heavy atom. The summed E-state index contributed by atoms with van der Waals surface area (Å²) in [5, 5.41) is 2.95. The fourth-order valence-corrected chi connectivity index (χ4v) is 4.04. The second-order valence-corrected chi connectivity index (χ2v) is 7.89. The van der Waals surface area contributed by atoms with Gasteiger partial charge < -0.3 is 15.0 Å². The zero-order valence-electron chi connectivity index (χ0n) is 18.1. The molecule has 0 radical (unpaired) electrons. The number of anilines is 2. The SMILES string of the molecule is COc1ccc(-c2cnc3ccccc3n2)cc1NC(=O)C1CC(=O)N(c2ccccc2)C1. The number of benzene rings is 3. The fraction of sp³-hybridized carbons (Fsp3) is 0.154. The van der Waals surface area contributed by atoms with Gasteiger partial charge in [0.25, 0.3) is 0 Å². The highest BCUT2D eigenvalue weighted by Gasteiger charge is 2.35. The van der Waals surface area contributed by atoms with Gasteiger partial charge in [0, 0.05) is 24.2 Å². The van der Waals surface area contributed by atoms with Crippen molar-refractivity contribution in [2.24, 2.45) is 5.92 Å². The van der Waals surface area contributed by atoms with Gasteiger partial charge in [0.2, 0.25) is 11.8 Å². The molecule has 7 nitrogen and oxygen atoms in total.